The summed E-state index contributed by atoms with van der Waals surface area (Å²) in [5, 5.41) is 38.2. The van der Waals surface area contributed by atoms with Gasteiger partial charge in [0.15, 0.2) is 0 Å². The maximum atomic E-state index is 10.5. The van der Waals surface area contributed by atoms with Crippen LogP contribution in [0.5, 0.6) is 0 Å². The van der Waals surface area contributed by atoms with E-state index in [0.29, 0.717) is 0 Å². The predicted molar refractivity (Wildman–Crippen MR) is 203 cm³/mol. The number of hydrogen-bond donors (Lipinski definition) is 4. The monoisotopic (exact) mass is 687 g/mol. The highest BCUT2D eigenvalue weighted by atomic mass is 16.4. The lowest BCUT2D eigenvalue weighted by Gasteiger charge is -2.29. The van der Waals surface area contributed by atoms with Crippen molar-refractivity contribution in [2.24, 2.45) is 0 Å². The minimum atomic E-state index is -0.700. The third kappa shape index (κ3) is 33.3. The molecule has 0 amide bonds. The van der Waals surface area contributed by atoms with E-state index in [1.165, 1.54) is 70.6 Å². The Morgan fingerprint density at radius 1 is 0.417 bits per heavy atom. The van der Waals surface area contributed by atoms with Crippen molar-refractivity contribution in [3.05, 3.63) is 0 Å². The van der Waals surface area contributed by atoms with E-state index in [1.807, 2.05) is 0 Å². The van der Waals surface area contributed by atoms with Gasteiger partial charge >= 0.3 is 11.9 Å². The molecule has 0 rings (SSSR count). The van der Waals surface area contributed by atoms with Gasteiger partial charge in [-0.2, -0.15) is 0 Å². The Morgan fingerprint density at radius 3 is 0.938 bits per heavy atom. The first-order valence-corrected chi connectivity index (χ1v) is 20.1. The Morgan fingerprint density at radius 2 is 0.667 bits per heavy atom. The summed E-state index contributed by atoms with van der Waals surface area (Å²) in [5.74, 6) is -1.39. The molecule has 288 valence electrons. The van der Waals surface area contributed by atoms with Gasteiger partial charge in [-0.15, -0.1) is 0 Å². The fourth-order valence-electron chi connectivity index (χ4n) is 6.56. The minimum Gasteiger partial charge on any atom is -0.481 e. The highest BCUT2D eigenvalue weighted by Gasteiger charge is 2.21. The summed E-state index contributed by atoms with van der Waals surface area (Å²) in [6.45, 7) is 4.47. The topological polar surface area (TPSA) is 122 Å². The van der Waals surface area contributed by atoms with Crippen LogP contribution >= 0.6 is 0 Å². The molecule has 0 aromatic rings. The van der Waals surface area contributed by atoms with Gasteiger partial charge in [0.2, 0.25) is 0 Å². The van der Waals surface area contributed by atoms with E-state index in [2.05, 4.69) is 51.8 Å². The minimum absolute atomic E-state index is 0.224. The number of carbonyl (C=O) groups is 2. The third-order valence-corrected chi connectivity index (χ3v) is 9.70. The summed E-state index contributed by atoms with van der Waals surface area (Å²) in [6, 6.07) is 0.517. The maximum Gasteiger partial charge on any atom is 0.303 e. The van der Waals surface area contributed by atoms with Crippen molar-refractivity contribution in [3.63, 3.8) is 0 Å². The summed E-state index contributed by atoms with van der Waals surface area (Å²) in [6.07, 6.45) is 29.4. The number of aliphatic hydroxyl groups excluding tert-OH is 2. The largest absolute Gasteiger partial charge is 0.481 e. The zero-order valence-corrected chi connectivity index (χ0v) is 32.6. The smallest absolute Gasteiger partial charge is 0.303 e. The molecule has 0 aromatic carbocycles. The van der Waals surface area contributed by atoms with Gasteiger partial charge in [-0.25, -0.2) is 0 Å². The number of aliphatic carboxylic acids is 2. The van der Waals surface area contributed by atoms with E-state index >= 15 is 0 Å². The van der Waals surface area contributed by atoms with Crippen molar-refractivity contribution in [1.29, 1.82) is 0 Å². The molecule has 0 aliphatic heterocycles. The SMILES string of the molecule is CCCCCCCCC(C(O)CCCCCCCC(=O)O)N(C)C.CCCCCCCCC(O)C(CCCCCCCC(=O)O)N(C)C. The van der Waals surface area contributed by atoms with Crippen LogP contribution in [0.25, 0.3) is 0 Å². The normalized spacial score (nSPS) is 14.0. The molecule has 8 nitrogen and oxygen atoms in total. The summed E-state index contributed by atoms with van der Waals surface area (Å²) in [7, 11) is 8.25. The van der Waals surface area contributed by atoms with Crippen LogP contribution in [0.1, 0.15) is 194 Å². The predicted octanol–water partition coefficient (Wildman–Crippen LogP) is 9.69. The van der Waals surface area contributed by atoms with Crippen molar-refractivity contribution in [1.82, 2.24) is 9.80 Å². The molecule has 0 spiro atoms. The van der Waals surface area contributed by atoms with Gasteiger partial charge in [0.05, 0.1) is 12.2 Å². The van der Waals surface area contributed by atoms with Crippen LogP contribution < -0.4 is 0 Å². The second-order valence-corrected chi connectivity index (χ2v) is 14.7. The van der Waals surface area contributed by atoms with Crippen molar-refractivity contribution < 1.29 is 30.0 Å². The number of likely N-dealkylation sites (N-methyl/N-ethyl adjacent to an activating group) is 2. The van der Waals surface area contributed by atoms with Crippen LogP contribution in [0, 0.1) is 0 Å². The first kappa shape index (κ1) is 48.9. The summed E-state index contributed by atoms with van der Waals surface area (Å²) >= 11 is 0. The van der Waals surface area contributed by atoms with Gasteiger partial charge in [0.25, 0.3) is 0 Å². The zero-order valence-electron chi connectivity index (χ0n) is 32.6. The summed E-state index contributed by atoms with van der Waals surface area (Å²) in [5.41, 5.74) is 0. The van der Waals surface area contributed by atoms with E-state index in [9.17, 15) is 19.8 Å². The van der Waals surface area contributed by atoms with E-state index < -0.39 is 11.9 Å². The second kappa shape index (κ2) is 35.6. The number of aliphatic hydroxyl groups is 2. The van der Waals surface area contributed by atoms with Gasteiger partial charge in [-0.3, -0.25) is 9.59 Å². The van der Waals surface area contributed by atoms with Gasteiger partial charge in [0.1, 0.15) is 0 Å². The van der Waals surface area contributed by atoms with E-state index in [1.54, 1.807) is 0 Å². The average molecular weight is 687 g/mol. The Balaban J connectivity index is 0. The number of nitrogens with zero attached hydrogens (tertiary/aromatic N) is 2. The Hall–Kier alpha value is -1.22. The van der Waals surface area contributed by atoms with Crippen LogP contribution in [0.3, 0.4) is 0 Å². The lowest BCUT2D eigenvalue weighted by Crippen LogP contribution is -2.39. The van der Waals surface area contributed by atoms with Crippen LogP contribution in [0.4, 0.5) is 0 Å². The average Bonchev–Trinajstić information content (AvgIpc) is 3.02. The van der Waals surface area contributed by atoms with Gasteiger partial charge in [0, 0.05) is 24.9 Å². The molecular formula is C40H82N2O6. The molecule has 8 heteroatoms. The molecule has 48 heavy (non-hydrogen) atoms. The molecule has 0 aromatic heterocycles. The summed E-state index contributed by atoms with van der Waals surface area (Å²) < 4.78 is 0. The van der Waals surface area contributed by atoms with Crippen LogP contribution in [-0.2, 0) is 9.59 Å². The Bertz CT molecular complexity index is 705. The van der Waals surface area contributed by atoms with Crippen LogP contribution in [-0.4, -0.2) is 94.6 Å². The molecule has 4 N–H and O–H groups in total. The fraction of sp³-hybridized carbons (Fsp3) is 0.950. The lowest BCUT2D eigenvalue weighted by molar-refractivity contribution is -0.138. The Kier molecular flexibility index (Phi) is 36.3. The number of carboxylic acid groups (broad SMARTS) is 2. The maximum absolute atomic E-state index is 10.5. The quantitative estimate of drug-likeness (QED) is 0.0494. The van der Waals surface area contributed by atoms with Gasteiger partial charge in [-0.1, -0.05) is 142 Å². The molecule has 4 unspecified atom stereocenters. The van der Waals surface area contributed by atoms with Crippen molar-refractivity contribution in [2.75, 3.05) is 28.2 Å². The molecule has 0 heterocycles. The van der Waals surface area contributed by atoms with E-state index in [0.717, 1.165) is 96.3 Å². The molecule has 0 saturated carbocycles. The molecule has 0 radical (unpaired) electrons. The van der Waals surface area contributed by atoms with Crippen LogP contribution in [0.15, 0.2) is 0 Å². The highest BCUT2D eigenvalue weighted by molar-refractivity contribution is 5.66. The molecule has 4 atom stereocenters. The third-order valence-electron chi connectivity index (χ3n) is 9.70. The first-order chi connectivity index (χ1) is 23.0. The van der Waals surface area contributed by atoms with Crippen molar-refractivity contribution >= 4 is 11.9 Å². The van der Waals surface area contributed by atoms with Gasteiger partial charge < -0.3 is 30.2 Å². The standard InChI is InChI=1S/2C20H41NO3/c1-4-5-6-7-10-13-16-19(22)18(21(2)3)15-12-9-8-11-14-17-20(23)24;1-4-5-6-7-9-12-15-18(21(2)3)19(22)16-13-10-8-11-14-17-20(23)24/h2*18-19,22H,4-17H2,1-3H3,(H,23,24). The van der Waals surface area contributed by atoms with Crippen molar-refractivity contribution in [2.45, 2.75) is 218 Å². The molecular weight excluding hydrogens is 604 g/mol. The lowest BCUT2D eigenvalue weighted by atomic mass is 9.97. The zero-order chi connectivity index (χ0) is 36.4. The molecule has 0 saturated heterocycles. The first-order valence-electron chi connectivity index (χ1n) is 20.1. The fourth-order valence-corrected chi connectivity index (χ4v) is 6.56. The highest BCUT2D eigenvalue weighted by Crippen LogP contribution is 2.19. The number of unbranched alkanes of at least 4 members (excludes halogenated alkanes) is 18. The number of rotatable bonds is 34. The molecule has 0 aliphatic carbocycles. The summed E-state index contributed by atoms with van der Waals surface area (Å²) in [4.78, 5) is 25.2. The Labute approximate surface area is 297 Å². The van der Waals surface area contributed by atoms with Crippen molar-refractivity contribution in [3.8, 4) is 0 Å². The van der Waals surface area contributed by atoms with E-state index in [-0.39, 0.29) is 37.1 Å². The van der Waals surface area contributed by atoms with E-state index in [4.69, 9.17) is 10.2 Å². The second-order valence-electron chi connectivity index (χ2n) is 14.7. The molecule has 0 bridgehead atoms. The number of hydrogen-bond acceptors (Lipinski definition) is 6. The molecule has 0 aliphatic rings. The molecule has 0 fully saturated rings. The van der Waals surface area contributed by atoms with Crippen LogP contribution in [0.2, 0.25) is 0 Å². The number of carboxylic acids is 2. The van der Waals surface area contributed by atoms with Gasteiger partial charge in [-0.05, 0) is 66.7 Å².